The van der Waals surface area contributed by atoms with Crippen LogP contribution in [0.4, 0.5) is 0 Å². The van der Waals surface area contributed by atoms with Gasteiger partial charge in [-0.2, -0.15) is 0 Å². The Kier molecular flexibility index (Phi) is 6.51. The van der Waals surface area contributed by atoms with Gasteiger partial charge in [-0.1, -0.05) is 99.6 Å². The maximum Gasteiger partial charge on any atom is -0.0153 e. The Labute approximate surface area is 161 Å². The summed E-state index contributed by atoms with van der Waals surface area (Å²) in [7, 11) is 1.05. The van der Waals surface area contributed by atoms with Crippen molar-refractivity contribution in [2.24, 2.45) is 0 Å². The van der Waals surface area contributed by atoms with E-state index in [4.69, 9.17) is 0 Å². The van der Waals surface area contributed by atoms with Crippen molar-refractivity contribution in [3.8, 4) is 11.1 Å². The summed E-state index contributed by atoms with van der Waals surface area (Å²) in [5, 5.41) is 3.24. The van der Waals surface area contributed by atoms with E-state index in [2.05, 4.69) is 84.9 Å². The van der Waals surface area contributed by atoms with Crippen LogP contribution < -0.4 is 10.6 Å². The van der Waals surface area contributed by atoms with Crippen molar-refractivity contribution < 1.29 is 0 Å². The van der Waals surface area contributed by atoms with E-state index < -0.39 is 0 Å². The van der Waals surface area contributed by atoms with E-state index in [1.54, 1.807) is 10.6 Å². The molecule has 4 rings (SSSR count). The summed E-state index contributed by atoms with van der Waals surface area (Å²) in [5.74, 6) is 0. The van der Waals surface area contributed by atoms with Crippen molar-refractivity contribution in [3.05, 3.63) is 84.9 Å². The quantitative estimate of drug-likeness (QED) is 0.421. The molecule has 1 fully saturated rings. The average molecular weight is 394 g/mol. The monoisotopic (exact) mass is 394 g/mol. The number of hydrogen-bond acceptors (Lipinski definition) is 0. The topological polar surface area (TPSA) is 0 Å². The van der Waals surface area contributed by atoms with Crippen LogP contribution in [0, 0.1) is 0 Å². The molecule has 0 radical (unpaired) electrons. The molecule has 1 aliphatic rings. The molecule has 132 valence electrons. The highest BCUT2D eigenvalue weighted by atomic mass is 32.5. The molecule has 0 aromatic heterocycles. The molecule has 1 heterocycles. The van der Waals surface area contributed by atoms with Gasteiger partial charge in [0.05, 0.1) is 0 Å². The summed E-state index contributed by atoms with van der Waals surface area (Å²) in [5.41, 5.74) is 2.65. The molecule has 3 aromatic carbocycles. The molecule has 0 nitrogen and oxygen atoms in total. The van der Waals surface area contributed by atoms with E-state index in [0.717, 1.165) is 8.27 Å². The molecule has 0 N–H and O–H groups in total. The normalized spacial score (nSPS) is 21.8. The van der Waals surface area contributed by atoms with Crippen LogP contribution >= 0.6 is 23.2 Å². The van der Waals surface area contributed by atoms with Crippen LogP contribution in [-0.2, 0) is 0 Å². The highest BCUT2D eigenvalue weighted by Gasteiger charge is 2.25. The zero-order valence-corrected chi connectivity index (χ0v) is 17.8. The third-order valence-corrected chi connectivity index (χ3v) is 17.8. The molecular weight excluding hydrogens is 369 g/mol. The van der Waals surface area contributed by atoms with Gasteiger partial charge in [0, 0.05) is 0 Å². The maximum atomic E-state index is 2.43. The lowest BCUT2D eigenvalue weighted by Gasteiger charge is -2.31. The Bertz CT molecular complexity index is 800. The van der Waals surface area contributed by atoms with Gasteiger partial charge in [0.15, 0.2) is 0 Å². The summed E-state index contributed by atoms with van der Waals surface area (Å²) in [6.07, 6.45) is 7.10. The molecule has 0 spiro atoms. The highest BCUT2D eigenvalue weighted by molar-refractivity contribution is 8.60. The van der Waals surface area contributed by atoms with E-state index in [9.17, 15) is 0 Å². The Morgan fingerprint density at radius 3 is 1.96 bits per heavy atom. The molecule has 0 amide bonds. The van der Waals surface area contributed by atoms with Crippen molar-refractivity contribution in [2.45, 2.75) is 19.3 Å². The molecule has 26 heavy (non-hydrogen) atoms. The Balaban J connectivity index is 1.64. The van der Waals surface area contributed by atoms with Crippen molar-refractivity contribution >= 4 is 33.8 Å². The zero-order valence-electron chi connectivity index (χ0n) is 15.0. The number of benzene rings is 3. The summed E-state index contributed by atoms with van der Waals surface area (Å²) < 4.78 is 0. The van der Waals surface area contributed by atoms with Gasteiger partial charge < -0.3 is 0 Å². The van der Waals surface area contributed by atoms with Crippen LogP contribution in [0.1, 0.15) is 19.3 Å². The Morgan fingerprint density at radius 1 is 0.577 bits per heavy atom. The van der Waals surface area contributed by atoms with E-state index in [1.165, 1.54) is 42.7 Å². The van der Waals surface area contributed by atoms with E-state index >= 15 is 0 Å². The fourth-order valence-corrected chi connectivity index (χ4v) is 17.2. The molecular formula is C23H25P3. The first-order valence-corrected chi connectivity index (χ1v) is 15.1. The van der Waals surface area contributed by atoms with Crippen molar-refractivity contribution in [1.29, 1.82) is 0 Å². The third kappa shape index (κ3) is 4.43. The van der Waals surface area contributed by atoms with Crippen LogP contribution in [0.15, 0.2) is 84.9 Å². The van der Waals surface area contributed by atoms with Gasteiger partial charge in [-0.15, -0.1) is 0 Å². The fraction of sp³-hybridized carbons (Fsp3) is 0.217. The lowest BCUT2D eigenvalue weighted by Crippen LogP contribution is -2.08. The first-order chi connectivity index (χ1) is 12.9. The highest BCUT2D eigenvalue weighted by Crippen LogP contribution is 2.78. The molecule has 0 aliphatic carbocycles. The summed E-state index contributed by atoms with van der Waals surface area (Å²) in [6, 6.07) is 31.7. The molecule has 0 bridgehead atoms. The van der Waals surface area contributed by atoms with Gasteiger partial charge in [0.25, 0.3) is 0 Å². The molecule has 1 aliphatic heterocycles. The van der Waals surface area contributed by atoms with Gasteiger partial charge in [-0.25, -0.2) is 0 Å². The summed E-state index contributed by atoms with van der Waals surface area (Å²) >= 11 is 0. The summed E-state index contributed by atoms with van der Waals surface area (Å²) in [6.45, 7) is 0. The average Bonchev–Trinajstić information content (AvgIpc) is 2.70. The third-order valence-electron chi connectivity index (χ3n) is 4.82. The van der Waals surface area contributed by atoms with Gasteiger partial charge >= 0.3 is 0 Å². The van der Waals surface area contributed by atoms with Crippen LogP contribution in [-0.4, -0.2) is 12.3 Å². The van der Waals surface area contributed by atoms with Gasteiger partial charge in [0.2, 0.25) is 0 Å². The lowest BCUT2D eigenvalue weighted by molar-refractivity contribution is 0.783. The van der Waals surface area contributed by atoms with E-state index in [0.29, 0.717) is 0 Å². The summed E-state index contributed by atoms with van der Waals surface area (Å²) in [4.78, 5) is 0. The maximum absolute atomic E-state index is 2.43. The van der Waals surface area contributed by atoms with Crippen LogP contribution in [0.5, 0.6) is 0 Å². The Morgan fingerprint density at radius 2 is 1.23 bits per heavy atom. The van der Waals surface area contributed by atoms with E-state index in [1.807, 2.05) is 0 Å². The number of hydrogen-bond donors (Lipinski definition) is 0. The van der Waals surface area contributed by atoms with Gasteiger partial charge in [-0.05, 0) is 61.8 Å². The van der Waals surface area contributed by atoms with Crippen molar-refractivity contribution in [3.63, 3.8) is 0 Å². The lowest BCUT2D eigenvalue weighted by atomic mass is 10.1. The van der Waals surface area contributed by atoms with Crippen LogP contribution in [0.3, 0.4) is 0 Å². The van der Waals surface area contributed by atoms with Gasteiger partial charge in [-0.3, -0.25) is 0 Å². The minimum atomic E-state index is -0.0543. The Hall–Kier alpha value is -1.05. The fourth-order valence-electron chi connectivity index (χ4n) is 3.43. The van der Waals surface area contributed by atoms with Gasteiger partial charge in [0.1, 0.15) is 0 Å². The minimum Gasteiger partial charge on any atom is -0.0866 e. The van der Waals surface area contributed by atoms with Crippen LogP contribution in [0.2, 0.25) is 0 Å². The molecule has 3 unspecified atom stereocenters. The zero-order chi connectivity index (χ0) is 17.6. The molecule has 1 saturated heterocycles. The largest absolute Gasteiger partial charge is 0.0866 e. The molecule has 3 heteroatoms. The number of rotatable bonds is 3. The smallest absolute Gasteiger partial charge is 0.0153 e. The first kappa shape index (κ1) is 18.3. The predicted octanol–water partition coefficient (Wildman–Crippen LogP) is 6.96. The predicted molar refractivity (Wildman–Crippen MR) is 123 cm³/mol. The second kappa shape index (κ2) is 9.24. The van der Waals surface area contributed by atoms with Crippen LogP contribution in [0.25, 0.3) is 11.1 Å². The second-order valence-corrected chi connectivity index (χ2v) is 16.4. The van der Waals surface area contributed by atoms with E-state index in [-0.39, 0.29) is 14.9 Å². The molecule has 3 aromatic rings. The molecule has 0 saturated carbocycles. The minimum absolute atomic E-state index is 0.0215. The first-order valence-electron chi connectivity index (χ1n) is 9.43. The van der Waals surface area contributed by atoms with Crippen molar-refractivity contribution in [1.82, 2.24) is 0 Å². The standard InChI is InChI=1S/C23H25P3/c1-4-10-20(11-5-1)21-14-16-22(17-15-21)25-19-9-3-8-18-24-26(25)23-12-6-2-7-13-23/h1-2,4-7,10-17,24H,3,8-9,18-19H2. The SMILES string of the molecule is c1ccc(-c2ccc(P3CCCCCPP3c3ccccc3)cc2)cc1. The van der Waals surface area contributed by atoms with Crippen molar-refractivity contribution in [2.75, 3.05) is 12.3 Å². The molecule has 3 atom stereocenters. The second-order valence-electron chi connectivity index (χ2n) is 6.65.